The van der Waals surface area contributed by atoms with Crippen LogP contribution in [0.15, 0.2) is 47.4 Å². The Morgan fingerprint density at radius 3 is 2.65 bits per heavy atom. The molecular weight excluding hydrogens is 296 g/mol. The van der Waals surface area contributed by atoms with E-state index in [0.29, 0.717) is 26.3 Å². The zero-order valence-electron chi connectivity index (χ0n) is 12.7. The van der Waals surface area contributed by atoms with Gasteiger partial charge in [0.15, 0.2) is 11.4 Å². The predicted octanol–water partition coefficient (Wildman–Crippen LogP) is 1.43. The van der Waals surface area contributed by atoms with Gasteiger partial charge in [0.05, 0.1) is 13.2 Å². The highest BCUT2D eigenvalue weighted by molar-refractivity contribution is 5.94. The van der Waals surface area contributed by atoms with Gasteiger partial charge in [-0.25, -0.2) is 0 Å². The Kier molecular flexibility index (Phi) is 4.73. The molecule has 6 heteroatoms. The Balaban J connectivity index is 1.81. The number of aromatic amines is 1. The van der Waals surface area contributed by atoms with Gasteiger partial charge >= 0.3 is 0 Å². The van der Waals surface area contributed by atoms with Crippen molar-refractivity contribution in [1.82, 2.24) is 9.88 Å². The molecule has 1 aromatic heterocycles. The Morgan fingerprint density at radius 2 is 1.91 bits per heavy atom. The van der Waals surface area contributed by atoms with Crippen LogP contribution in [0.4, 0.5) is 0 Å². The van der Waals surface area contributed by atoms with E-state index >= 15 is 0 Å². The Morgan fingerprint density at radius 1 is 1.17 bits per heavy atom. The minimum atomic E-state index is -0.309. The second-order valence-electron chi connectivity index (χ2n) is 5.22. The summed E-state index contributed by atoms with van der Waals surface area (Å²) in [4.78, 5) is 29.2. The monoisotopic (exact) mass is 314 g/mol. The number of ether oxygens (including phenoxy) is 2. The lowest BCUT2D eigenvalue weighted by Crippen LogP contribution is -2.41. The molecule has 1 N–H and O–H groups in total. The first-order chi connectivity index (χ1) is 11.3. The maximum Gasteiger partial charge on any atom is 0.274 e. The second kappa shape index (κ2) is 7.11. The van der Waals surface area contributed by atoms with Crippen molar-refractivity contribution in [2.24, 2.45) is 0 Å². The number of amides is 1. The molecule has 1 aliphatic rings. The zero-order chi connectivity index (χ0) is 16.1. The van der Waals surface area contributed by atoms with Gasteiger partial charge in [0, 0.05) is 25.4 Å². The lowest BCUT2D eigenvalue weighted by Gasteiger charge is -2.27. The number of hydrogen-bond donors (Lipinski definition) is 1. The van der Waals surface area contributed by atoms with Crippen LogP contribution in [0.25, 0.3) is 0 Å². The van der Waals surface area contributed by atoms with Crippen molar-refractivity contribution < 1.29 is 14.3 Å². The SMILES string of the molecule is O=C(c1[nH]ccc(=O)c1OCc1ccccc1)N1CCOCC1. The molecule has 0 atom stereocenters. The number of morpholine rings is 1. The number of H-pyrrole nitrogens is 1. The van der Waals surface area contributed by atoms with Crippen LogP contribution in [0.2, 0.25) is 0 Å². The van der Waals surface area contributed by atoms with E-state index in [0.717, 1.165) is 5.56 Å². The fourth-order valence-electron chi connectivity index (χ4n) is 2.42. The van der Waals surface area contributed by atoms with E-state index in [4.69, 9.17) is 9.47 Å². The maximum atomic E-state index is 12.6. The smallest absolute Gasteiger partial charge is 0.274 e. The van der Waals surface area contributed by atoms with Gasteiger partial charge in [0.2, 0.25) is 5.43 Å². The van der Waals surface area contributed by atoms with Gasteiger partial charge in [-0.05, 0) is 5.56 Å². The van der Waals surface area contributed by atoms with Crippen LogP contribution in [0.1, 0.15) is 16.1 Å². The number of nitrogens with one attached hydrogen (secondary N) is 1. The van der Waals surface area contributed by atoms with Crippen LogP contribution in [0, 0.1) is 0 Å². The highest BCUT2D eigenvalue weighted by atomic mass is 16.5. The predicted molar refractivity (Wildman–Crippen MR) is 84.6 cm³/mol. The highest BCUT2D eigenvalue weighted by Gasteiger charge is 2.23. The normalized spacial score (nSPS) is 14.5. The van der Waals surface area contributed by atoms with Gasteiger partial charge in [-0.2, -0.15) is 0 Å². The number of hydrogen-bond acceptors (Lipinski definition) is 4. The molecule has 6 nitrogen and oxygen atoms in total. The van der Waals surface area contributed by atoms with Gasteiger partial charge in [-0.15, -0.1) is 0 Å². The quantitative estimate of drug-likeness (QED) is 0.926. The molecule has 2 aromatic rings. The highest BCUT2D eigenvalue weighted by Crippen LogP contribution is 2.15. The summed E-state index contributed by atoms with van der Waals surface area (Å²) in [5.74, 6) is -0.179. The summed E-state index contributed by atoms with van der Waals surface area (Å²) in [6.45, 7) is 2.26. The minimum Gasteiger partial charge on any atom is -0.483 e. The lowest BCUT2D eigenvalue weighted by molar-refractivity contribution is 0.0296. The first-order valence-corrected chi connectivity index (χ1v) is 7.51. The molecule has 0 saturated carbocycles. The molecule has 0 radical (unpaired) electrons. The van der Waals surface area contributed by atoms with Crippen molar-refractivity contribution in [1.29, 1.82) is 0 Å². The number of pyridine rings is 1. The van der Waals surface area contributed by atoms with Crippen LogP contribution >= 0.6 is 0 Å². The van der Waals surface area contributed by atoms with Crippen molar-refractivity contribution in [3.8, 4) is 5.75 Å². The number of carbonyl (C=O) groups excluding carboxylic acids is 1. The molecule has 1 amide bonds. The fraction of sp³-hybridized carbons (Fsp3) is 0.294. The summed E-state index contributed by atoms with van der Waals surface area (Å²) in [5, 5.41) is 0. The molecule has 23 heavy (non-hydrogen) atoms. The zero-order valence-corrected chi connectivity index (χ0v) is 12.7. The third kappa shape index (κ3) is 3.60. The van der Waals surface area contributed by atoms with Crippen LogP contribution < -0.4 is 10.2 Å². The van der Waals surface area contributed by atoms with Crippen LogP contribution in [0.5, 0.6) is 5.75 Å². The molecule has 1 saturated heterocycles. The molecule has 1 aliphatic heterocycles. The molecule has 120 valence electrons. The fourth-order valence-corrected chi connectivity index (χ4v) is 2.42. The summed E-state index contributed by atoms with van der Waals surface area (Å²) in [7, 11) is 0. The van der Waals surface area contributed by atoms with Crippen molar-refractivity contribution in [2.75, 3.05) is 26.3 Å². The van der Waals surface area contributed by atoms with Gasteiger partial charge in [-0.3, -0.25) is 9.59 Å². The van der Waals surface area contributed by atoms with Crippen LogP contribution in [-0.2, 0) is 11.3 Å². The first kappa shape index (κ1) is 15.3. The average Bonchev–Trinajstić information content (AvgIpc) is 2.61. The van der Waals surface area contributed by atoms with Crippen molar-refractivity contribution in [2.45, 2.75) is 6.61 Å². The number of rotatable bonds is 4. The maximum absolute atomic E-state index is 12.6. The van der Waals surface area contributed by atoms with E-state index in [1.54, 1.807) is 4.90 Å². The van der Waals surface area contributed by atoms with Crippen molar-refractivity contribution in [3.63, 3.8) is 0 Å². The summed E-state index contributed by atoms with van der Waals surface area (Å²) >= 11 is 0. The summed E-state index contributed by atoms with van der Waals surface area (Å²) in [6, 6.07) is 10.9. The third-order valence-electron chi connectivity index (χ3n) is 3.65. The van der Waals surface area contributed by atoms with Gasteiger partial charge in [0.25, 0.3) is 5.91 Å². The van der Waals surface area contributed by atoms with E-state index in [9.17, 15) is 9.59 Å². The van der Waals surface area contributed by atoms with E-state index in [1.165, 1.54) is 12.3 Å². The minimum absolute atomic E-state index is 0.0628. The van der Waals surface area contributed by atoms with E-state index in [2.05, 4.69) is 4.98 Å². The average molecular weight is 314 g/mol. The van der Waals surface area contributed by atoms with Crippen molar-refractivity contribution >= 4 is 5.91 Å². The number of benzene rings is 1. The topological polar surface area (TPSA) is 71.6 Å². The van der Waals surface area contributed by atoms with Gasteiger partial charge < -0.3 is 19.4 Å². The van der Waals surface area contributed by atoms with E-state index < -0.39 is 0 Å². The number of aromatic nitrogens is 1. The van der Waals surface area contributed by atoms with Gasteiger partial charge in [-0.1, -0.05) is 30.3 Å². The Hall–Kier alpha value is -2.60. The summed E-state index contributed by atoms with van der Waals surface area (Å²) < 4.78 is 10.9. The molecular formula is C17H18N2O4. The molecule has 0 bridgehead atoms. The molecule has 1 fully saturated rings. The number of nitrogens with zero attached hydrogens (tertiary/aromatic N) is 1. The standard InChI is InChI=1S/C17H18N2O4/c20-14-6-7-18-15(17(21)19-8-10-22-11-9-19)16(14)23-12-13-4-2-1-3-5-13/h1-7H,8-12H2,(H,18,20). The van der Waals surface area contributed by atoms with Crippen LogP contribution in [-0.4, -0.2) is 42.1 Å². The van der Waals surface area contributed by atoms with Crippen LogP contribution in [0.3, 0.4) is 0 Å². The lowest BCUT2D eigenvalue weighted by atomic mass is 10.2. The largest absolute Gasteiger partial charge is 0.483 e. The summed E-state index contributed by atoms with van der Waals surface area (Å²) in [6.07, 6.45) is 1.46. The molecule has 0 unspecified atom stereocenters. The Labute approximate surface area is 133 Å². The van der Waals surface area contributed by atoms with Gasteiger partial charge in [0.1, 0.15) is 6.61 Å². The first-order valence-electron chi connectivity index (χ1n) is 7.51. The molecule has 3 rings (SSSR count). The molecule has 2 heterocycles. The molecule has 0 aliphatic carbocycles. The van der Waals surface area contributed by atoms with E-state index in [1.807, 2.05) is 30.3 Å². The molecule has 0 spiro atoms. The number of carbonyl (C=O) groups is 1. The molecule has 1 aromatic carbocycles. The third-order valence-corrected chi connectivity index (χ3v) is 3.65. The summed E-state index contributed by atoms with van der Waals surface area (Å²) in [5.41, 5.74) is 0.812. The Bertz CT molecular complexity index is 721. The second-order valence-corrected chi connectivity index (χ2v) is 5.22. The van der Waals surface area contributed by atoms with Crippen molar-refractivity contribution in [3.05, 3.63) is 64.1 Å². The van der Waals surface area contributed by atoms with E-state index in [-0.39, 0.29) is 29.4 Å².